The second-order valence-electron chi connectivity index (χ2n) is 4.55. The highest BCUT2D eigenvalue weighted by molar-refractivity contribution is 5.25. The Morgan fingerprint density at radius 2 is 1.89 bits per heavy atom. The predicted molar refractivity (Wildman–Crippen MR) is 73.0 cm³/mol. The first-order valence-electron chi connectivity index (χ1n) is 6.81. The van der Waals surface area contributed by atoms with Gasteiger partial charge in [-0.3, -0.25) is 0 Å². The van der Waals surface area contributed by atoms with Crippen molar-refractivity contribution < 1.29 is 4.74 Å². The van der Waals surface area contributed by atoms with E-state index in [2.05, 4.69) is 34.1 Å². The Hall–Kier alpha value is -1.39. The fourth-order valence-corrected chi connectivity index (χ4v) is 1.42. The molecule has 1 heterocycles. The van der Waals surface area contributed by atoms with Gasteiger partial charge in [0.2, 0.25) is 5.95 Å². The van der Waals surface area contributed by atoms with E-state index in [0.717, 1.165) is 38.1 Å². The largest absolute Gasteiger partial charge is 0.461 e. The minimum atomic E-state index is 0.0745. The average Bonchev–Trinajstić information content (AvgIpc) is 2.33. The van der Waals surface area contributed by atoms with Crippen molar-refractivity contribution >= 4 is 5.95 Å². The molecule has 0 atom stereocenters. The highest BCUT2D eigenvalue weighted by Crippen LogP contribution is 2.11. The standard InChI is InChI=1S/C13H24N4O/c1-5-7-8-11-15-12(14-9-6-2)17-13(16-11)18-10(3)4/h10H,5-9H2,1-4H3,(H,14,15,16,17). The van der Waals surface area contributed by atoms with E-state index >= 15 is 0 Å². The Bertz CT molecular complexity index is 329. The van der Waals surface area contributed by atoms with Crippen LogP contribution in [0, 0.1) is 0 Å². The van der Waals surface area contributed by atoms with Gasteiger partial charge < -0.3 is 10.1 Å². The third-order valence-electron chi connectivity index (χ3n) is 2.29. The topological polar surface area (TPSA) is 59.9 Å². The summed E-state index contributed by atoms with van der Waals surface area (Å²) in [6.07, 6.45) is 4.19. The summed E-state index contributed by atoms with van der Waals surface area (Å²) in [4.78, 5) is 13.0. The molecule has 5 heteroatoms. The van der Waals surface area contributed by atoms with Gasteiger partial charge in [0.25, 0.3) is 0 Å². The van der Waals surface area contributed by atoms with Gasteiger partial charge in [-0.2, -0.15) is 15.0 Å². The summed E-state index contributed by atoms with van der Waals surface area (Å²) in [6, 6.07) is 0.421. The van der Waals surface area contributed by atoms with Crippen molar-refractivity contribution in [2.75, 3.05) is 11.9 Å². The third kappa shape index (κ3) is 5.29. The van der Waals surface area contributed by atoms with Crippen LogP contribution in [0.25, 0.3) is 0 Å². The van der Waals surface area contributed by atoms with Crippen LogP contribution in [0.15, 0.2) is 0 Å². The van der Waals surface area contributed by atoms with Gasteiger partial charge in [-0.15, -0.1) is 0 Å². The summed E-state index contributed by atoms with van der Waals surface area (Å²) >= 11 is 0. The Balaban J connectivity index is 2.81. The van der Waals surface area contributed by atoms with Crippen LogP contribution < -0.4 is 10.1 Å². The van der Waals surface area contributed by atoms with E-state index in [1.165, 1.54) is 0 Å². The lowest BCUT2D eigenvalue weighted by atomic mass is 10.2. The average molecular weight is 252 g/mol. The number of nitrogens with one attached hydrogen (secondary N) is 1. The Morgan fingerprint density at radius 1 is 1.11 bits per heavy atom. The fourth-order valence-electron chi connectivity index (χ4n) is 1.42. The molecule has 1 aromatic rings. The molecule has 1 N–H and O–H groups in total. The molecule has 0 aliphatic rings. The van der Waals surface area contributed by atoms with Gasteiger partial charge in [-0.25, -0.2) is 0 Å². The fraction of sp³-hybridized carbons (Fsp3) is 0.769. The van der Waals surface area contributed by atoms with E-state index in [1.807, 2.05) is 13.8 Å². The van der Waals surface area contributed by atoms with Crippen LogP contribution in [-0.4, -0.2) is 27.6 Å². The quantitative estimate of drug-likeness (QED) is 0.771. The number of unbranched alkanes of at least 4 members (excludes halogenated alkanes) is 1. The normalized spacial score (nSPS) is 10.7. The third-order valence-corrected chi connectivity index (χ3v) is 2.29. The minimum absolute atomic E-state index is 0.0745. The second-order valence-corrected chi connectivity index (χ2v) is 4.55. The molecule has 5 nitrogen and oxygen atoms in total. The number of aryl methyl sites for hydroxylation is 1. The SMILES string of the molecule is CCCCc1nc(NCCC)nc(OC(C)C)n1. The zero-order valence-electron chi connectivity index (χ0n) is 11.9. The van der Waals surface area contributed by atoms with E-state index in [9.17, 15) is 0 Å². The van der Waals surface area contributed by atoms with Crippen LogP contribution in [0.2, 0.25) is 0 Å². The van der Waals surface area contributed by atoms with Crippen LogP contribution in [-0.2, 0) is 6.42 Å². The molecule has 0 aliphatic carbocycles. The maximum atomic E-state index is 5.55. The second kappa shape index (κ2) is 7.84. The number of ether oxygens (including phenoxy) is 1. The van der Waals surface area contributed by atoms with Gasteiger partial charge in [-0.1, -0.05) is 20.3 Å². The first kappa shape index (κ1) is 14.7. The molecule has 0 amide bonds. The van der Waals surface area contributed by atoms with Gasteiger partial charge in [-0.05, 0) is 26.7 Å². The molecule has 0 saturated carbocycles. The van der Waals surface area contributed by atoms with E-state index in [4.69, 9.17) is 4.74 Å². The predicted octanol–water partition coefficient (Wildman–Crippen LogP) is 2.82. The van der Waals surface area contributed by atoms with E-state index in [1.54, 1.807) is 0 Å². The number of rotatable bonds is 8. The monoisotopic (exact) mass is 252 g/mol. The van der Waals surface area contributed by atoms with E-state index in [-0.39, 0.29) is 6.10 Å². The van der Waals surface area contributed by atoms with Crippen LogP contribution >= 0.6 is 0 Å². The zero-order chi connectivity index (χ0) is 13.4. The molecule has 0 bridgehead atoms. The van der Waals surface area contributed by atoms with Crippen LogP contribution in [0.5, 0.6) is 6.01 Å². The Kier molecular flexibility index (Phi) is 6.39. The van der Waals surface area contributed by atoms with Crippen molar-refractivity contribution in [2.24, 2.45) is 0 Å². The number of nitrogens with zero attached hydrogens (tertiary/aromatic N) is 3. The Morgan fingerprint density at radius 3 is 2.50 bits per heavy atom. The molecule has 18 heavy (non-hydrogen) atoms. The molecule has 0 aromatic carbocycles. The maximum absolute atomic E-state index is 5.55. The molecule has 102 valence electrons. The van der Waals surface area contributed by atoms with Crippen molar-refractivity contribution in [3.8, 4) is 6.01 Å². The first-order valence-corrected chi connectivity index (χ1v) is 6.81. The number of hydrogen-bond donors (Lipinski definition) is 1. The van der Waals surface area contributed by atoms with Gasteiger partial charge in [0, 0.05) is 13.0 Å². The van der Waals surface area contributed by atoms with Crippen molar-refractivity contribution in [3.63, 3.8) is 0 Å². The number of hydrogen-bond acceptors (Lipinski definition) is 5. The van der Waals surface area contributed by atoms with Crippen LogP contribution in [0.1, 0.15) is 52.8 Å². The van der Waals surface area contributed by atoms with Gasteiger partial charge in [0.1, 0.15) is 5.82 Å². The molecule has 1 aromatic heterocycles. The molecular weight excluding hydrogens is 228 g/mol. The highest BCUT2D eigenvalue weighted by Gasteiger charge is 2.08. The van der Waals surface area contributed by atoms with Crippen molar-refractivity contribution in [3.05, 3.63) is 5.82 Å². The van der Waals surface area contributed by atoms with Gasteiger partial charge >= 0.3 is 6.01 Å². The lowest BCUT2D eigenvalue weighted by molar-refractivity contribution is 0.221. The molecule has 0 radical (unpaired) electrons. The molecule has 0 spiro atoms. The number of aromatic nitrogens is 3. The summed E-state index contributed by atoms with van der Waals surface area (Å²) in [7, 11) is 0. The lowest BCUT2D eigenvalue weighted by Gasteiger charge is -2.11. The van der Waals surface area contributed by atoms with Crippen molar-refractivity contribution in [1.29, 1.82) is 0 Å². The summed E-state index contributed by atoms with van der Waals surface area (Å²) in [6.45, 7) is 9.06. The first-order chi connectivity index (χ1) is 8.65. The zero-order valence-corrected chi connectivity index (χ0v) is 11.9. The summed E-state index contributed by atoms with van der Waals surface area (Å²) in [5.74, 6) is 1.43. The number of anilines is 1. The highest BCUT2D eigenvalue weighted by atomic mass is 16.5. The van der Waals surface area contributed by atoms with E-state index in [0.29, 0.717) is 12.0 Å². The summed E-state index contributed by atoms with van der Waals surface area (Å²) in [5.41, 5.74) is 0. The molecular formula is C13H24N4O. The molecule has 0 unspecified atom stereocenters. The minimum Gasteiger partial charge on any atom is -0.461 e. The maximum Gasteiger partial charge on any atom is 0.321 e. The Labute approximate surface area is 109 Å². The van der Waals surface area contributed by atoms with Gasteiger partial charge in [0.05, 0.1) is 6.10 Å². The summed E-state index contributed by atoms with van der Waals surface area (Å²) < 4.78 is 5.55. The van der Waals surface area contributed by atoms with Crippen LogP contribution in [0.3, 0.4) is 0 Å². The van der Waals surface area contributed by atoms with Crippen LogP contribution in [0.4, 0.5) is 5.95 Å². The van der Waals surface area contributed by atoms with Crippen molar-refractivity contribution in [1.82, 2.24) is 15.0 Å². The molecule has 0 saturated heterocycles. The molecule has 0 fully saturated rings. The van der Waals surface area contributed by atoms with E-state index < -0.39 is 0 Å². The molecule has 0 aliphatic heterocycles. The smallest absolute Gasteiger partial charge is 0.321 e. The lowest BCUT2D eigenvalue weighted by Crippen LogP contribution is -2.13. The molecule has 1 rings (SSSR count). The summed E-state index contributed by atoms with van der Waals surface area (Å²) in [5, 5.41) is 3.18. The van der Waals surface area contributed by atoms with Gasteiger partial charge in [0.15, 0.2) is 0 Å². The van der Waals surface area contributed by atoms with Crippen molar-refractivity contribution in [2.45, 2.75) is 59.5 Å².